The lowest BCUT2D eigenvalue weighted by molar-refractivity contribution is -0.128. The normalized spacial score (nSPS) is 14.6. The lowest BCUT2D eigenvalue weighted by Crippen LogP contribution is -2.42. The molecule has 1 aliphatic rings. The summed E-state index contributed by atoms with van der Waals surface area (Å²) in [4.78, 5) is 25.3. The molecule has 0 aliphatic carbocycles. The zero-order valence-electron chi connectivity index (χ0n) is 14.7. The molecule has 0 atom stereocenters. The minimum Gasteiger partial charge on any atom is -0.448 e. The van der Waals surface area contributed by atoms with Gasteiger partial charge in [-0.1, -0.05) is 30.4 Å². The van der Waals surface area contributed by atoms with Gasteiger partial charge in [0, 0.05) is 13.0 Å². The van der Waals surface area contributed by atoms with Gasteiger partial charge in [-0.25, -0.2) is 4.79 Å². The molecule has 1 fully saturated rings. The SMILES string of the molecule is C=C(C)c1cccc(C(C)(C)NC(=O)OCCN2CCCC2=O)c1. The predicted molar refractivity (Wildman–Crippen MR) is 94.5 cm³/mol. The molecule has 130 valence electrons. The standard InChI is InChI=1S/C19H26N2O3/c1-14(2)15-7-5-8-16(13-15)19(3,4)20-18(23)24-12-11-21-10-6-9-17(21)22/h5,7-8,13H,1,6,9-12H2,2-4H3,(H,20,23). The molecule has 1 aromatic rings. The number of rotatable bonds is 6. The summed E-state index contributed by atoms with van der Waals surface area (Å²) in [5.74, 6) is 0.135. The molecule has 0 aromatic heterocycles. The first-order valence-electron chi connectivity index (χ1n) is 8.29. The van der Waals surface area contributed by atoms with Gasteiger partial charge in [0.2, 0.25) is 5.91 Å². The number of carbonyl (C=O) groups excluding carboxylic acids is 2. The molecule has 1 saturated heterocycles. The van der Waals surface area contributed by atoms with Gasteiger partial charge >= 0.3 is 6.09 Å². The van der Waals surface area contributed by atoms with Gasteiger partial charge in [-0.2, -0.15) is 0 Å². The largest absolute Gasteiger partial charge is 0.448 e. The van der Waals surface area contributed by atoms with Crippen molar-refractivity contribution in [3.63, 3.8) is 0 Å². The second-order valence-corrected chi connectivity index (χ2v) is 6.73. The number of likely N-dealkylation sites (tertiary alicyclic amines) is 1. The smallest absolute Gasteiger partial charge is 0.407 e. The van der Waals surface area contributed by atoms with Crippen LogP contribution in [0, 0.1) is 0 Å². The van der Waals surface area contributed by atoms with Crippen molar-refractivity contribution < 1.29 is 14.3 Å². The van der Waals surface area contributed by atoms with Crippen LogP contribution in [0.2, 0.25) is 0 Å². The molecule has 0 unspecified atom stereocenters. The number of hydrogen-bond donors (Lipinski definition) is 1. The van der Waals surface area contributed by atoms with Crippen molar-refractivity contribution in [3.05, 3.63) is 42.0 Å². The van der Waals surface area contributed by atoms with E-state index in [-0.39, 0.29) is 12.5 Å². The van der Waals surface area contributed by atoms with Gasteiger partial charge in [0.25, 0.3) is 0 Å². The van der Waals surface area contributed by atoms with Crippen LogP contribution < -0.4 is 5.32 Å². The third-order valence-electron chi connectivity index (χ3n) is 4.26. The van der Waals surface area contributed by atoms with E-state index in [4.69, 9.17) is 4.74 Å². The average Bonchev–Trinajstić information content (AvgIpc) is 2.92. The van der Waals surface area contributed by atoms with Gasteiger partial charge in [0.1, 0.15) is 6.61 Å². The number of nitrogens with zero attached hydrogens (tertiary/aromatic N) is 1. The van der Waals surface area contributed by atoms with E-state index in [0.717, 1.165) is 29.7 Å². The Hall–Kier alpha value is -2.30. The van der Waals surface area contributed by atoms with E-state index < -0.39 is 11.6 Å². The average molecular weight is 330 g/mol. The minimum atomic E-state index is -0.563. The van der Waals surface area contributed by atoms with E-state index in [1.807, 2.05) is 45.0 Å². The molecule has 2 rings (SSSR count). The maximum absolute atomic E-state index is 12.1. The quantitative estimate of drug-likeness (QED) is 0.870. The molecule has 1 N–H and O–H groups in total. The van der Waals surface area contributed by atoms with Crippen molar-refractivity contribution in [3.8, 4) is 0 Å². The topological polar surface area (TPSA) is 58.6 Å². The van der Waals surface area contributed by atoms with Gasteiger partial charge in [-0.3, -0.25) is 4.79 Å². The zero-order valence-corrected chi connectivity index (χ0v) is 14.7. The molecule has 5 nitrogen and oxygen atoms in total. The van der Waals surface area contributed by atoms with Gasteiger partial charge < -0.3 is 15.0 Å². The molecular weight excluding hydrogens is 304 g/mol. The van der Waals surface area contributed by atoms with Crippen LogP contribution in [-0.4, -0.2) is 36.6 Å². The molecule has 0 bridgehead atoms. The second kappa shape index (κ2) is 7.51. The molecule has 0 spiro atoms. The van der Waals surface area contributed by atoms with E-state index in [0.29, 0.717) is 13.0 Å². The van der Waals surface area contributed by atoms with Crippen molar-refractivity contribution in [2.24, 2.45) is 0 Å². The number of hydrogen-bond acceptors (Lipinski definition) is 3. The molecule has 5 heteroatoms. The number of amides is 2. The Morgan fingerprint density at radius 1 is 1.42 bits per heavy atom. The third kappa shape index (κ3) is 4.60. The van der Waals surface area contributed by atoms with Gasteiger partial charge in [-0.15, -0.1) is 0 Å². The molecule has 1 aromatic carbocycles. The third-order valence-corrected chi connectivity index (χ3v) is 4.26. The van der Waals surface area contributed by atoms with Crippen LogP contribution in [0.1, 0.15) is 44.7 Å². The Labute approximate surface area is 143 Å². The highest BCUT2D eigenvalue weighted by Crippen LogP contribution is 2.23. The number of carbonyl (C=O) groups is 2. The highest BCUT2D eigenvalue weighted by atomic mass is 16.5. The van der Waals surface area contributed by atoms with Crippen molar-refractivity contribution in [2.75, 3.05) is 19.7 Å². The summed E-state index contributed by atoms with van der Waals surface area (Å²) in [6.07, 6.45) is 1.00. The molecule has 0 radical (unpaired) electrons. The molecule has 1 aliphatic heterocycles. The fourth-order valence-corrected chi connectivity index (χ4v) is 2.73. The Kier molecular flexibility index (Phi) is 5.65. The predicted octanol–water partition coefficient (Wildman–Crippen LogP) is 3.30. The van der Waals surface area contributed by atoms with E-state index in [9.17, 15) is 9.59 Å². The minimum absolute atomic E-state index is 0.135. The highest BCUT2D eigenvalue weighted by Gasteiger charge is 2.25. The number of alkyl carbamates (subject to hydrolysis) is 1. The summed E-state index contributed by atoms with van der Waals surface area (Å²) in [7, 11) is 0. The van der Waals surface area contributed by atoms with E-state index in [1.54, 1.807) is 4.90 Å². The summed E-state index contributed by atoms with van der Waals surface area (Å²) in [5, 5.41) is 2.88. The van der Waals surface area contributed by atoms with Gasteiger partial charge in [-0.05, 0) is 44.4 Å². The zero-order chi connectivity index (χ0) is 17.7. The number of nitrogens with one attached hydrogen (secondary N) is 1. The Bertz CT molecular complexity index is 637. The molecule has 1 heterocycles. The summed E-state index contributed by atoms with van der Waals surface area (Å²) in [6, 6.07) is 7.93. The summed E-state index contributed by atoms with van der Waals surface area (Å²) >= 11 is 0. The van der Waals surface area contributed by atoms with Crippen LogP contribution in [0.15, 0.2) is 30.8 Å². The Morgan fingerprint density at radius 2 is 2.17 bits per heavy atom. The fraction of sp³-hybridized carbons (Fsp3) is 0.474. The van der Waals surface area contributed by atoms with Crippen molar-refractivity contribution in [1.82, 2.24) is 10.2 Å². The van der Waals surface area contributed by atoms with Crippen LogP contribution in [0.4, 0.5) is 4.79 Å². The van der Waals surface area contributed by atoms with Crippen LogP contribution in [0.25, 0.3) is 5.57 Å². The van der Waals surface area contributed by atoms with Crippen molar-refractivity contribution >= 4 is 17.6 Å². The number of allylic oxidation sites excluding steroid dienone is 1. The first-order chi connectivity index (χ1) is 11.3. The van der Waals surface area contributed by atoms with E-state index >= 15 is 0 Å². The second-order valence-electron chi connectivity index (χ2n) is 6.73. The van der Waals surface area contributed by atoms with E-state index in [1.165, 1.54) is 0 Å². The van der Waals surface area contributed by atoms with Crippen molar-refractivity contribution in [1.29, 1.82) is 0 Å². The van der Waals surface area contributed by atoms with Crippen LogP contribution in [0.5, 0.6) is 0 Å². The lowest BCUT2D eigenvalue weighted by Gasteiger charge is -2.27. The van der Waals surface area contributed by atoms with Gasteiger partial charge in [0.05, 0.1) is 12.1 Å². The molecule has 0 saturated carbocycles. The fourth-order valence-electron chi connectivity index (χ4n) is 2.73. The number of ether oxygens (including phenoxy) is 1. The summed E-state index contributed by atoms with van der Waals surface area (Å²) in [6.45, 7) is 11.2. The van der Waals surface area contributed by atoms with Crippen molar-refractivity contribution in [2.45, 2.75) is 39.2 Å². The maximum Gasteiger partial charge on any atom is 0.407 e. The highest BCUT2D eigenvalue weighted by molar-refractivity contribution is 5.78. The summed E-state index contributed by atoms with van der Waals surface area (Å²) in [5.41, 5.74) is 2.44. The first kappa shape index (κ1) is 18.0. The maximum atomic E-state index is 12.1. The Balaban J connectivity index is 1.88. The molecule has 2 amide bonds. The molecule has 24 heavy (non-hydrogen) atoms. The first-order valence-corrected chi connectivity index (χ1v) is 8.29. The lowest BCUT2D eigenvalue weighted by atomic mass is 9.92. The van der Waals surface area contributed by atoms with Crippen LogP contribution >= 0.6 is 0 Å². The Morgan fingerprint density at radius 3 is 2.79 bits per heavy atom. The molecular formula is C19H26N2O3. The monoisotopic (exact) mass is 330 g/mol. The van der Waals surface area contributed by atoms with Gasteiger partial charge in [0.15, 0.2) is 0 Å². The summed E-state index contributed by atoms with van der Waals surface area (Å²) < 4.78 is 5.23. The van der Waals surface area contributed by atoms with E-state index in [2.05, 4.69) is 11.9 Å². The number of benzene rings is 1. The van der Waals surface area contributed by atoms with Crippen LogP contribution in [-0.2, 0) is 15.1 Å². The van der Waals surface area contributed by atoms with Crippen LogP contribution in [0.3, 0.4) is 0 Å².